The molecule has 1 N–H and O–H groups in total. The quantitative estimate of drug-likeness (QED) is 0.698. The highest BCUT2D eigenvalue weighted by Crippen LogP contribution is 2.66. The second kappa shape index (κ2) is 2.75. The molecule has 7 unspecified atom stereocenters. The summed E-state index contributed by atoms with van der Waals surface area (Å²) in [4.78, 5) is 0. The Labute approximate surface area is 97.7 Å². The average molecular weight is 215 g/mol. The van der Waals surface area contributed by atoms with Crippen molar-refractivity contribution in [2.75, 3.05) is 0 Å². The summed E-state index contributed by atoms with van der Waals surface area (Å²) in [5.41, 5.74) is 0. The molecule has 0 amide bonds. The summed E-state index contributed by atoms with van der Waals surface area (Å²) in [5.74, 6) is 6.42. The number of nitrogens with one attached hydrogen (secondary N) is 1. The minimum Gasteiger partial charge on any atom is -0.310 e. The van der Waals surface area contributed by atoms with Crippen LogP contribution in [0.25, 0.3) is 0 Å². The van der Waals surface area contributed by atoms with Crippen LogP contribution in [0.4, 0.5) is 0 Å². The highest BCUT2D eigenvalue weighted by Gasteiger charge is 2.65. The van der Waals surface area contributed by atoms with Crippen LogP contribution in [0.3, 0.4) is 0 Å². The van der Waals surface area contributed by atoms with Gasteiger partial charge in [0, 0.05) is 12.1 Å². The molecule has 0 heterocycles. The fraction of sp³-hybridized carbons (Fsp3) is 0.867. The third kappa shape index (κ3) is 0.932. The van der Waals surface area contributed by atoms with E-state index >= 15 is 0 Å². The third-order valence-electron chi connectivity index (χ3n) is 6.50. The van der Waals surface area contributed by atoms with Crippen LogP contribution in [0.15, 0.2) is 12.2 Å². The van der Waals surface area contributed by atoms with Gasteiger partial charge in [0.25, 0.3) is 0 Å². The summed E-state index contributed by atoms with van der Waals surface area (Å²) in [7, 11) is 0. The molecule has 0 aliphatic heterocycles. The van der Waals surface area contributed by atoms with Crippen LogP contribution >= 0.6 is 0 Å². The number of hydrogen-bond acceptors (Lipinski definition) is 1. The van der Waals surface area contributed by atoms with Gasteiger partial charge in [0.15, 0.2) is 0 Å². The Hall–Kier alpha value is -0.300. The SMILES string of the molecule is C1=CC2C(C1)CC2NC1C2C3CCC(C3)C12. The number of fused-ring (bicyclic) bond motifs is 6. The second-order valence-electron chi connectivity index (χ2n) is 7.02. The Morgan fingerprint density at radius 2 is 1.75 bits per heavy atom. The number of rotatable bonds is 2. The van der Waals surface area contributed by atoms with E-state index in [0.717, 1.165) is 47.6 Å². The lowest BCUT2D eigenvalue weighted by Crippen LogP contribution is -2.49. The summed E-state index contributed by atoms with van der Waals surface area (Å²) < 4.78 is 0. The Morgan fingerprint density at radius 3 is 2.50 bits per heavy atom. The van der Waals surface area contributed by atoms with E-state index in [1.54, 1.807) is 19.3 Å². The summed E-state index contributed by atoms with van der Waals surface area (Å²) in [6, 6.07) is 1.81. The monoisotopic (exact) mass is 215 g/mol. The van der Waals surface area contributed by atoms with Gasteiger partial charge in [-0.1, -0.05) is 12.2 Å². The molecule has 0 radical (unpaired) electrons. The van der Waals surface area contributed by atoms with Gasteiger partial charge in [0.2, 0.25) is 0 Å². The first-order chi connectivity index (χ1) is 7.92. The maximum Gasteiger partial charge on any atom is 0.0138 e. The van der Waals surface area contributed by atoms with Crippen molar-refractivity contribution in [3.8, 4) is 0 Å². The van der Waals surface area contributed by atoms with Crippen molar-refractivity contribution in [3.05, 3.63) is 12.2 Å². The molecule has 0 aromatic rings. The molecule has 86 valence electrons. The standard InChI is InChI=1S/C15H21N/c1-2-8-7-12(11(8)3-1)16-15-13-9-4-5-10(6-9)14(13)15/h1,3,8-16H,2,4-7H2. The van der Waals surface area contributed by atoms with Crippen LogP contribution in [-0.4, -0.2) is 12.1 Å². The smallest absolute Gasteiger partial charge is 0.0138 e. The zero-order valence-corrected chi connectivity index (χ0v) is 9.81. The normalized spacial score (nSPS) is 64.2. The number of allylic oxidation sites excluding steroid dienone is 1. The summed E-state index contributed by atoms with van der Waals surface area (Å²) >= 11 is 0. The Bertz CT molecular complexity index is 344. The molecular formula is C15H21N. The van der Waals surface area contributed by atoms with E-state index < -0.39 is 0 Å². The molecule has 1 nitrogen and oxygen atoms in total. The van der Waals surface area contributed by atoms with Gasteiger partial charge in [-0.25, -0.2) is 0 Å². The van der Waals surface area contributed by atoms with Crippen molar-refractivity contribution in [1.82, 2.24) is 5.32 Å². The Kier molecular flexibility index (Phi) is 1.50. The lowest BCUT2D eigenvalue weighted by molar-refractivity contribution is 0.155. The molecule has 2 bridgehead atoms. The van der Waals surface area contributed by atoms with Crippen LogP contribution < -0.4 is 5.32 Å². The predicted molar refractivity (Wildman–Crippen MR) is 63.9 cm³/mol. The molecule has 5 rings (SSSR count). The van der Waals surface area contributed by atoms with Crippen molar-refractivity contribution < 1.29 is 0 Å². The molecule has 0 aromatic heterocycles. The molecule has 16 heavy (non-hydrogen) atoms. The lowest BCUT2D eigenvalue weighted by Gasteiger charge is -2.41. The van der Waals surface area contributed by atoms with Gasteiger partial charge in [-0.2, -0.15) is 0 Å². The summed E-state index contributed by atoms with van der Waals surface area (Å²) in [5, 5.41) is 4.01. The van der Waals surface area contributed by atoms with E-state index in [2.05, 4.69) is 17.5 Å². The Balaban J connectivity index is 1.27. The molecule has 0 saturated heterocycles. The minimum absolute atomic E-state index is 0.860. The molecule has 0 aromatic carbocycles. The highest BCUT2D eigenvalue weighted by atomic mass is 15.1. The van der Waals surface area contributed by atoms with Crippen LogP contribution in [0, 0.1) is 35.5 Å². The van der Waals surface area contributed by atoms with E-state index in [1.807, 2.05) is 0 Å². The predicted octanol–water partition coefficient (Wildman–Crippen LogP) is 2.59. The maximum atomic E-state index is 4.01. The van der Waals surface area contributed by atoms with E-state index in [4.69, 9.17) is 0 Å². The van der Waals surface area contributed by atoms with E-state index in [-0.39, 0.29) is 0 Å². The first-order valence-corrected chi connectivity index (χ1v) is 7.34. The van der Waals surface area contributed by atoms with Crippen molar-refractivity contribution in [2.24, 2.45) is 35.5 Å². The van der Waals surface area contributed by atoms with Crippen LogP contribution in [0.5, 0.6) is 0 Å². The van der Waals surface area contributed by atoms with Crippen molar-refractivity contribution in [2.45, 2.75) is 44.2 Å². The van der Waals surface area contributed by atoms with Gasteiger partial charge in [-0.3, -0.25) is 0 Å². The highest BCUT2D eigenvalue weighted by molar-refractivity contribution is 5.20. The second-order valence-corrected chi connectivity index (χ2v) is 7.02. The Morgan fingerprint density at radius 1 is 0.938 bits per heavy atom. The zero-order valence-electron chi connectivity index (χ0n) is 9.81. The maximum absolute atomic E-state index is 4.01. The fourth-order valence-corrected chi connectivity index (χ4v) is 5.70. The lowest BCUT2D eigenvalue weighted by atomic mass is 9.71. The van der Waals surface area contributed by atoms with Crippen LogP contribution in [0.1, 0.15) is 32.1 Å². The van der Waals surface area contributed by atoms with E-state index in [0.29, 0.717) is 0 Å². The molecule has 5 aliphatic rings. The van der Waals surface area contributed by atoms with Crippen LogP contribution in [0.2, 0.25) is 0 Å². The first-order valence-electron chi connectivity index (χ1n) is 7.34. The minimum atomic E-state index is 0.860. The summed E-state index contributed by atoms with van der Waals surface area (Å²) in [6.07, 6.45) is 12.4. The fourth-order valence-electron chi connectivity index (χ4n) is 5.70. The first kappa shape index (κ1) is 8.74. The van der Waals surface area contributed by atoms with Gasteiger partial charge >= 0.3 is 0 Å². The van der Waals surface area contributed by atoms with Gasteiger partial charge in [0.1, 0.15) is 0 Å². The van der Waals surface area contributed by atoms with Gasteiger partial charge in [0.05, 0.1) is 0 Å². The van der Waals surface area contributed by atoms with E-state index in [9.17, 15) is 0 Å². The van der Waals surface area contributed by atoms with Crippen molar-refractivity contribution in [1.29, 1.82) is 0 Å². The molecule has 0 spiro atoms. The number of hydrogen-bond donors (Lipinski definition) is 1. The molecule has 7 atom stereocenters. The van der Waals surface area contributed by atoms with Crippen molar-refractivity contribution in [3.63, 3.8) is 0 Å². The largest absolute Gasteiger partial charge is 0.310 e. The molecule has 4 saturated carbocycles. The topological polar surface area (TPSA) is 12.0 Å². The van der Waals surface area contributed by atoms with Crippen molar-refractivity contribution >= 4 is 0 Å². The molecule has 4 fully saturated rings. The molecule has 1 heteroatoms. The average Bonchev–Trinajstić information content (AvgIpc) is 2.69. The van der Waals surface area contributed by atoms with Gasteiger partial charge < -0.3 is 5.32 Å². The zero-order chi connectivity index (χ0) is 10.3. The van der Waals surface area contributed by atoms with Crippen LogP contribution in [-0.2, 0) is 0 Å². The molecular weight excluding hydrogens is 194 g/mol. The van der Waals surface area contributed by atoms with Gasteiger partial charge in [-0.15, -0.1) is 0 Å². The third-order valence-corrected chi connectivity index (χ3v) is 6.50. The summed E-state index contributed by atoms with van der Waals surface area (Å²) in [6.45, 7) is 0. The van der Waals surface area contributed by atoms with E-state index in [1.165, 1.54) is 12.8 Å². The van der Waals surface area contributed by atoms with Gasteiger partial charge in [-0.05, 0) is 67.6 Å². The molecule has 5 aliphatic carbocycles.